The summed E-state index contributed by atoms with van der Waals surface area (Å²) in [6.45, 7) is 8.61. The van der Waals surface area contributed by atoms with Gasteiger partial charge in [-0.25, -0.2) is 0 Å². The Bertz CT molecular complexity index is 639. The van der Waals surface area contributed by atoms with Crippen LogP contribution in [0.5, 0.6) is 5.75 Å². The monoisotopic (exact) mass is 286 g/mol. The summed E-state index contributed by atoms with van der Waals surface area (Å²) in [4.78, 5) is 0. The van der Waals surface area contributed by atoms with E-state index in [1.165, 1.54) is 10.8 Å². The average molecular weight is 286 g/mol. The molecule has 0 saturated carbocycles. The number of ether oxygens (including phenoxy) is 1. The van der Waals surface area contributed by atoms with Gasteiger partial charge >= 0.3 is 0 Å². The molecule has 2 nitrogen and oxygen atoms in total. The van der Waals surface area contributed by atoms with E-state index in [1.807, 2.05) is 25.1 Å². The van der Waals surface area contributed by atoms with E-state index in [1.54, 1.807) is 7.11 Å². The molecule has 0 bridgehead atoms. The number of allylic oxidation sites excluding steroid dienone is 1. The van der Waals surface area contributed by atoms with Crippen LogP contribution in [0.25, 0.3) is 16.5 Å². The first-order valence-electron chi connectivity index (χ1n) is 6.86. The van der Waals surface area contributed by atoms with Gasteiger partial charge in [0.2, 0.25) is 8.32 Å². The highest BCUT2D eigenvalue weighted by atomic mass is 28.4. The van der Waals surface area contributed by atoms with Crippen LogP contribution in [0.4, 0.5) is 0 Å². The molecule has 20 heavy (non-hydrogen) atoms. The Balaban J connectivity index is 2.40. The molecule has 0 N–H and O–H groups in total. The summed E-state index contributed by atoms with van der Waals surface area (Å²) in [5.74, 6) is 1.86. The quantitative estimate of drug-likeness (QED) is 0.577. The molecular formula is C17H22O2Si. The van der Waals surface area contributed by atoms with Crippen LogP contribution in [-0.2, 0) is 4.43 Å². The lowest BCUT2D eigenvalue weighted by atomic mass is 10.1. The molecule has 0 amide bonds. The van der Waals surface area contributed by atoms with Crippen molar-refractivity contribution in [3.8, 4) is 5.75 Å². The van der Waals surface area contributed by atoms with Gasteiger partial charge in [0, 0.05) is 5.56 Å². The van der Waals surface area contributed by atoms with E-state index in [-0.39, 0.29) is 0 Å². The van der Waals surface area contributed by atoms with Crippen molar-refractivity contribution in [3.05, 3.63) is 48.0 Å². The zero-order chi connectivity index (χ0) is 14.8. The standard InChI is InChI=1S/C17H22O2Si/c1-6-17(19-20(3,4)5)15-8-7-14-12-16(18-2)10-9-13(14)11-15/h6-12H,1-5H3/b17-6+. The van der Waals surface area contributed by atoms with Crippen LogP contribution in [-0.4, -0.2) is 15.4 Å². The van der Waals surface area contributed by atoms with Gasteiger partial charge in [0.05, 0.1) is 7.11 Å². The van der Waals surface area contributed by atoms with Crippen molar-refractivity contribution < 1.29 is 9.16 Å². The molecular weight excluding hydrogens is 264 g/mol. The summed E-state index contributed by atoms with van der Waals surface area (Å²) in [7, 11) is 0.0952. The fourth-order valence-corrected chi connectivity index (χ4v) is 3.01. The largest absolute Gasteiger partial charge is 0.544 e. The van der Waals surface area contributed by atoms with E-state index in [0.717, 1.165) is 17.1 Å². The lowest BCUT2D eigenvalue weighted by molar-refractivity contribution is 0.415. The zero-order valence-corrected chi connectivity index (χ0v) is 13.9. The smallest absolute Gasteiger partial charge is 0.242 e. The first-order valence-corrected chi connectivity index (χ1v) is 10.3. The van der Waals surface area contributed by atoms with Crippen LogP contribution in [0.15, 0.2) is 42.5 Å². The minimum atomic E-state index is -1.59. The maximum absolute atomic E-state index is 6.14. The first-order chi connectivity index (χ1) is 9.43. The minimum absolute atomic E-state index is 0.884. The molecule has 106 valence electrons. The van der Waals surface area contributed by atoms with Gasteiger partial charge in [-0.1, -0.05) is 18.2 Å². The van der Waals surface area contributed by atoms with Crippen LogP contribution in [0.3, 0.4) is 0 Å². The molecule has 0 aliphatic heterocycles. The zero-order valence-electron chi connectivity index (χ0n) is 12.9. The van der Waals surface area contributed by atoms with Gasteiger partial charge in [-0.2, -0.15) is 0 Å². The summed E-state index contributed by atoms with van der Waals surface area (Å²) < 4.78 is 11.4. The molecule has 0 saturated heterocycles. The van der Waals surface area contributed by atoms with E-state index in [0.29, 0.717) is 0 Å². The van der Waals surface area contributed by atoms with E-state index in [4.69, 9.17) is 9.16 Å². The maximum Gasteiger partial charge on any atom is 0.242 e. The third-order valence-corrected chi connectivity index (χ3v) is 3.84. The van der Waals surface area contributed by atoms with Crippen molar-refractivity contribution >= 4 is 24.8 Å². The highest BCUT2D eigenvalue weighted by Gasteiger charge is 2.18. The van der Waals surface area contributed by atoms with E-state index in [2.05, 4.69) is 43.9 Å². The highest BCUT2D eigenvalue weighted by molar-refractivity contribution is 6.70. The topological polar surface area (TPSA) is 18.5 Å². The Morgan fingerprint density at radius 3 is 2.25 bits per heavy atom. The molecule has 0 aliphatic carbocycles. The molecule has 2 aromatic rings. The number of fused-ring (bicyclic) bond motifs is 1. The first kappa shape index (κ1) is 14.7. The van der Waals surface area contributed by atoms with Crippen molar-refractivity contribution in [2.45, 2.75) is 26.6 Å². The molecule has 0 aromatic heterocycles. The maximum atomic E-state index is 6.14. The van der Waals surface area contributed by atoms with Crippen molar-refractivity contribution in [1.82, 2.24) is 0 Å². The Morgan fingerprint density at radius 2 is 1.65 bits per heavy atom. The normalized spacial score (nSPS) is 12.6. The van der Waals surface area contributed by atoms with Crippen molar-refractivity contribution in [3.63, 3.8) is 0 Å². The van der Waals surface area contributed by atoms with Crippen LogP contribution in [0.1, 0.15) is 12.5 Å². The fraction of sp³-hybridized carbons (Fsp3) is 0.294. The number of benzene rings is 2. The molecule has 0 fully saturated rings. The summed E-state index contributed by atoms with van der Waals surface area (Å²) in [6, 6.07) is 12.5. The second-order valence-corrected chi connectivity index (χ2v) is 10.2. The molecule has 0 unspecified atom stereocenters. The molecule has 3 heteroatoms. The molecule has 0 radical (unpaired) electrons. The van der Waals surface area contributed by atoms with Gasteiger partial charge in [-0.3, -0.25) is 0 Å². The van der Waals surface area contributed by atoms with Gasteiger partial charge in [0.15, 0.2) is 0 Å². The molecule has 0 spiro atoms. The molecule has 2 aromatic carbocycles. The van der Waals surface area contributed by atoms with Crippen molar-refractivity contribution in [2.75, 3.05) is 7.11 Å². The highest BCUT2D eigenvalue weighted by Crippen LogP contribution is 2.27. The predicted molar refractivity (Wildman–Crippen MR) is 88.6 cm³/mol. The third kappa shape index (κ3) is 3.42. The fourth-order valence-electron chi connectivity index (χ4n) is 2.12. The summed E-state index contributed by atoms with van der Waals surface area (Å²) in [6.07, 6.45) is 2.04. The SMILES string of the molecule is C/C=C(/O[Si](C)(C)C)c1ccc2cc(OC)ccc2c1. The predicted octanol–water partition coefficient (Wildman–Crippen LogP) is 5.06. The Labute approximate surface area is 122 Å². The van der Waals surface area contributed by atoms with Crippen LogP contribution < -0.4 is 4.74 Å². The second kappa shape index (κ2) is 5.71. The minimum Gasteiger partial charge on any atom is -0.544 e. The lowest BCUT2D eigenvalue weighted by Crippen LogP contribution is -2.24. The average Bonchev–Trinajstić information content (AvgIpc) is 2.42. The summed E-state index contributed by atoms with van der Waals surface area (Å²) in [5, 5.41) is 2.37. The number of methoxy groups -OCH3 is 1. The van der Waals surface area contributed by atoms with E-state index >= 15 is 0 Å². The third-order valence-electron chi connectivity index (χ3n) is 3.01. The summed E-state index contributed by atoms with van der Waals surface area (Å²) in [5.41, 5.74) is 1.13. The number of hydrogen-bond acceptors (Lipinski definition) is 2. The lowest BCUT2D eigenvalue weighted by Gasteiger charge is -2.22. The van der Waals surface area contributed by atoms with Gasteiger partial charge in [0.1, 0.15) is 11.5 Å². The van der Waals surface area contributed by atoms with Gasteiger partial charge in [-0.05, 0) is 61.6 Å². The van der Waals surface area contributed by atoms with E-state index in [9.17, 15) is 0 Å². The van der Waals surface area contributed by atoms with Gasteiger partial charge in [-0.15, -0.1) is 0 Å². The number of hydrogen-bond donors (Lipinski definition) is 0. The van der Waals surface area contributed by atoms with Gasteiger partial charge < -0.3 is 9.16 Å². The van der Waals surface area contributed by atoms with E-state index < -0.39 is 8.32 Å². The van der Waals surface area contributed by atoms with Gasteiger partial charge in [0.25, 0.3) is 0 Å². The van der Waals surface area contributed by atoms with Crippen molar-refractivity contribution in [1.29, 1.82) is 0 Å². The molecule has 0 heterocycles. The van der Waals surface area contributed by atoms with Crippen LogP contribution >= 0.6 is 0 Å². The molecule has 0 aliphatic rings. The molecule has 2 rings (SSSR count). The Hall–Kier alpha value is -1.74. The van der Waals surface area contributed by atoms with Crippen LogP contribution in [0.2, 0.25) is 19.6 Å². The Kier molecular flexibility index (Phi) is 4.19. The molecule has 0 atom stereocenters. The second-order valence-electron chi connectivity index (χ2n) is 5.80. The Morgan fingerprint density at radius 1 is 1.00 bits per heavy atom. The number of rotatable bonds is 4. The summed E-state index contributed by atoms with van der Waals surface area (Å²) >= 11 is 0. The van der Waals surface area contributed by atoms with Crippen LogP contribution in [0, 0.1) is 0 Å². The van der Waals surface area contributed by atoms with Crippen molar-refractivity contribution in [2.24, 2.45) is 0 Å².